The molecule has 0 N–H and O–H groups in total. The van der Waals surface area contributed by atoms with Crippen molar-refractivity contribution in [2.75, 3.05) is 13.2 Å². The number of esters is 1. The summed E-state index contributed by atoms with van der Waals surface area (Å²) in [5.41, 5.74) is 1.61. The first kappa shape index (κ1) is 17.5. The van der Waals surface area contributed by atoms with E-state index in [0.29, 0.717) is 30.4 Å². The van der Waals surface area contributed by atoms with Gasteiger partial charge < -0.3 is 14.2 Å². The summed E-state index contributed by atoms with van der Waals surface area (Å²) >= 11 is 3.45. The first-order valence-electron chi connectivity index (χ1n) is 8.15. The van der Waals surface area contributed by atoms with Gasteiger partial charge in [0, 0.05) is 15.7 Å². The van der Waals surface area contributed by atoms with E-state index in [1.165, 1.54) is 24.7 Å². The van der Waals surface area contributed by atoms with Gasteiger partial charge in [-0.05, 0) is 36.4 Å². The molecule has 0 bridgehead atoms. The lowest BCUT2D eigenvalue weighted by Crippen LogP contribution is -2.16. The molecule has 0 aliphatic carbocycles. The van der Waals surface area contributed by atoms with Crippen molar-refractivity contribution in [3.63, 3.8) is 0 Å². The summed E-state index contributed by atoms with van der Waals surface area (Å²) in [6.45, 7) is 1.02. The summed E-state index contributed by atoms with van der Waals surface area (Å²) in [6, 6.07) is 9.33. The van der Waals surface area contributed by atoms with E-state index in [4.69, 9.17) is 14.2 Å². The number of aromatic nitrogens is 2. The third-order valence-corrected chi connectivity index (χ3v) is 4.76. The summed E-state index contributed by atoms with van der Waals surface area (Å²) in [6.07, 6.45) is 2.88. The van der Waals surface area contributed by atoms with Crippen molar-refractivity contribution >= 4 is 21.9 Å². The Kier molecular flexibility index (Phi) is 4.81. The number of ether oxygens (including phenoxy) is 3. The number of halogens is 2. The molecule has 1 aliphatic rings. The van der Waals surface area contributed by atoms with Gasteiger partial charge in [0.05, 0.1) is 12.5 Å². The lowest BCUT2D eigenvalue weighted by atomic mass is 10.2. The number of fused-ring (bicyclic) bond motifs is 1. The van der Waals surface area contributed by atoms with Crippen molar-refractivity contribution in [3.05, 3.63) is 70.5 Å². The molecule has 8 heteroatoms. The second-order valence-corrected chi connectivity index (χ2v) is 6.64. The van der Waals surface area contributed by atoms with Gasteiger partial charge in [-0.25, -0.2) is 14.2 Å². The van der Waals surface area contributed by atoms with Crippen LogP contribution in [0.2, 0.25) is 0 Å². The van der Waals surface area contributed by atoms with Crippen LogP contribution in [0.4, 0.5) is 4.39 Å². The fraction of sp³-hybridized carbons (Fsp3) is 0.158. The average molecular weight is 433 g/mol. The highest BCUT2D eigenvalue weighted by Gasteiger charge is 2.18. The van der Waals surface area contributed by atoms with E-state index in [-0.39, 0.29) is 18.1 Å². The van der Waals surface area contributed by atoms with E-state index in [2.05, 4.69) is 20.9 Å². The molecule has 27 heavy (non-hydrogen) atoms. The molecule has 4 rings (SSSR count). The fourth-order valence-corrected chi connectivity index (χ4v) is 3.12. The Hall–Kier alpha value is -2.87. The molecule has 0 unspecified atom stereocenters. The zero-order valence-electron chi connectivity index (χ0n) is 14.0. The van der Waals surface area contributed by atoms with Crippen LogP contribution in [0, 0.1) is 5.82 Å². The van der Waals surface area contributed by atoms with Gasteiger partial charge in [0.1, 0.15) is 25.6 Å². The summed E-state index contributed by atoms with van der Waals surface area (Å²) in [7, 11) is 0. The van der Waals surface area contributed by atoms with E-state index in [0.717, 1.165) is 10.0 Å². The maximum atomic E-state index is 13.1. The summed E-state index contributed by atoms with van der Waals surface area (Å²) in [5.74, 6) is 0.370. The molecular formula is C19H14BrFN2O4. The Labute approximate surface area is 162 Å². The summed E-state index contributed by atoms with van der Waals surface area (Å²) < 4.78 is 31.9. The second kappa shape index (κ2) is 7.40. The fourth-order valence-electron chi connectivity index (χ4n) is 2.69. The lowest BCUT2D eigenvalue weighted by Gasteiger charge is -2.20. The molecule has 0 saturated heterocycles. The molecule has 0 fully saturated rings. The van der Waals surface area contributed by atoms with E-state index >= 15 is 0 Å². The van der Waals surface area contributed by atoms with Gasteiger partial charge in [0.2, 0.25) is 0 Å². The zero-order valence-corrected chi connectivity index (χ0v) is 15.6. The van der Waals surface area contributed by atoms with E-state index in [9.17, 15) is 9.18 Å². The Balaban J connectivity index is 1.51. The molecule has 2 aromatic carbocycles. The number of hydrogen-bond donors (Lipinski definition) is 0. The van der Waals surface area contributed by atoms with Crippen molar-refractivity contribution in [2.24, 2.45) is 0 Å². The van der Waals surface area contributed by atoms with E-state index < -0.39 is 5.97 Å². The van der Waals surface area contributed by atoms with Crippen LogP contribution < -0.4 is 9.47 Å². The van der Waals surface area contributed by atoms with Crippen LogP contribution in [0.5, 0.6) is 11.5 Å². The molecule has 1 aromatic heterocycles. The molecule has 6 nitrogen and oxygen atoms in total. The SMILES string of the molecule is O=C(OCc1cc2c(cc1Br)OCCO2)c1cncn1-c1ccc(F)cc1. The normalized spacial score (nSPS) is 12.7. The van der Waals surface area contributed by atoms with Crippen LogP contribution in [0.1, 0.15) is 16.1 Å². The molecule has 0 amide bonds. The Morgan fingerprint density at radius 2 is 1.89 bits per heavy atom. The van der Waals surface area contributed by atoms with Crippen LogP contribution in [0.3, 0.4) is 0 Å². The Morgan fingerprint density at radius 1 is 1.19 bits per heavy atom. The monoisotopic (exact) mass is 432 g/mol. The molecule has 0 spiro atoms. The van der Waals surface area contributed by atoms with Crippen LogP contribution in [0.25, 0.3) is 5.69 Å². The molecule has 2 heterocycles. The molecule has 138 valence electrons. The topological polar surface area (TPSA) is 62.6 Å². The average Bonchev–Trinajstić information content (AvgIpc) is 3.16. The molecule has 3 aromatic rings. The molecule has 0 saturated carbocycles. The minimum Gasteiger partial charge on any atom is -0.486 e. The van der Waals surface area contributed by atoms with Crippen LogP contribution in [0.15, 0.2) is 53.4 Å². The minimum atomic E-state index is -0.543. The van der Waals surface area contributed by atoms with Gasteiger partial charge >= 0.3 is 5.97 Å². The van der Waals surface area contributed by atoms with Gasteiger partial charge in [-0.2, -0.15) is 0 Å². The van der Waals surface area contributed by atoms with Gasteiger partial charge in [0.25, 0.3) is 0 Å². The number of benzene rings is 2. The molecule has 0 atom stereocenters. The third kappa shape index (κ3) is 3.66. The van der Waals surface area contributed by atoms with Gasteiger partial charge in [-0.15, -0.1) is 0 Å². The molecule has 0 radical (unpaired) electrons. The number of hydrogen-bond acceptors (Lipinski definition) is 5. The van der Waals surface area contributed by atoms with Crippen molar-refractivity contribution in [1.82, 2.24) is 9.55 Å². The van der Waals surface area contributed by atoms with Crippen molar-refractivity contribution in [2.45, 2.75) is 6.61 Å². The highest BCUT2D eigenvalue weighted by molar-refractivity contribution is 9.10. The van der Waals surface area contributed by atoms with Crippen LogP contribution in [-0.2, 0) is 11.3 Å². The summed E-state index contributed by atoms with van der Waals surface area (Å²) in [5, 5.41) is 0. The predicted octanol–water partition coefficient (Wildman–Crippen LogP) is 3.90. The van der Waals surface area contributed by atoms with Gasteiger partial charge in [-0.1, -0.05) is 15.9 Å². The highest BCUT2D eigenvalue weighted by Crippen LogP contribution is 2.35. The number of rotatable bonds is 4. The largest absolute Gasteiger partial charge is 0.486 e. The van der Waals surface area contributed by atoms with E-state index in [1.54, 1.807) is 28.8 Å². The number of nitrogens with zero attached hydrogens (tertiary/aromatic N) is 2. The number of carbonyl (C=O) groups is 1. The van der Waals surface area contributed by atoms with Crippen molar-refractivity contribution in [3.8, 4) is 17.2 Å². The molecular weight excluding hydrogens is 419 g/mol. The zero-order chi connectivity index (χ0) is 18.8. The Bertz CT molecular complexity index is 988. The predicted molar refractivity (Wildman–Crippen MR) is 97.8 cm³/mol. The number of imidazole rings is 1. The standard InChI is InChI=1S/C19H14BrFN2O4/c20-15-8-18-17(25-5-6-26-18)7-12(15)10-27-19(24)16-9-22-11-23(16)14-3-1-13(21)2-4-14/h1-4,7-9,11H,5-6,10H2. The second-order valence-electron chi connectivity index (χ2n) is 5.79. The van der Waals surface area contributed by atoms with Crippen LogP contribution >= 0.6 is 15.9 Å². The van der Waals surface area contributed by atoms with Crippen molar-refractivity contribution in [1.29, 1.82) is 0 Å². The lowest BCUT2D eigenvalue weighted by molar-refractivity contribution is 0.0461. The van der Waals surface area contributed by atoms with Crippen LogP contribution in [-0.4, -0.2) is 28.7 Å². The Morgan fingerprint density at radius 3 is 2.63 bits per heavy atom. The third-order valence-electron chi connectivity index (χ3n) is 4.02. The molecule has 1 aliphatic heterocycles. The first-order chi connectivity index (χ1) is 13.1. The first-order valence-corrected chi connectivity index (χ1v) is 8.94. The number of carbonyl (C=O) groups excluding carboxylic acids is 1. The van der Waals surface area contributed by atoms with E-state index in [1.807, 2.05) is 0 Å². The minimum absolute atomic E-state index is 0.0463. The highest BCUT2D eigenvalue weighted by atomic mass is 79.9. The maximum absolute atomic E-state index is 13.1. The van der Waals surface area contributed by atoms with Gasteiger partial charge in [0.15, 0.2) is 17.2 Å². The summed E-state index contributed by atoms with van der Waals surface area (Å²) in [4.78, 5) is 16.5. The van der Waals surface area contributed by atoms with Gasteiger partial charge in [-0.3, -0.25) is 4.57 Å². The smallest absolute Gasteiger partial charge is 0.357 e. The maximum Gasteiger partial charge on any atom is 0.357 e. The van der Waals surface area contributed by atoms with Crippen molar-refractivity contribution < 1.29 is 23.4 Å². The quantitative estimate of drug-likeness (QED) is 0.585.